The van der Waals surface area contributed by atoms with Crippen LogP contribution in [0.5, 0.6) is 5.75 Å². The second-order valence-corrected chi connectivity index (χ2v) is 3.57. The molecule has 0 amide bonds. The van der Waals surface area contributed by atoms with Crippen LogP contribution in [-0.2, 0) is 0 Å². The Bertz CT molecular complexity index is 535. The van der Waals surface area contributed by atoms with Crippen LogP contribution in [0, 0.1) is 0 Å². The van der Waals surface area contributed by atoms with E-state index in [2.05, 4.69) is 4.98 Å². The van der Waals surface area contributed by atoms with Gasteiger partial charge in [-0.2, -0.15) is 0 Å². The average molecular weight is 213 g/mol. The van der Waals surface area contributed by atoms with E-state index in [1.54, 1.807) is 24.4 Å². The number of aromatic nitrogens is 1. The quantitative estimate of drug-likeness (QED) is 0.780. The number of rotatable bonds is 2. The zero-order chi connectivity index (χ0) is 11.5. The fraction of sp³-hybridized carbons (Fsp3) is 0.0769. The smallest absolute Gasteiger partial charge is 0.159 e. The molecule has 3 heteroatoms. The lowest BCUT2D eigenvalue weighted by Gasteiger charge is -2.03. The highest BCUT2D eigenvalue weighted by molar-refractivity contribution is 5.95. The number of hydrogen-bond donors (Lipinski definition) is 1. The summed E-state index contributed by atoms with van der Waals surface area (Å²) >= 11 is 0. The van der Waals surface area contributed by atoms with Gasteiger partial charge in [-0.05, 0) is 24.6 Å². The minimum Gasteiger partial charge on any atom is -0.506 e. The Kier molecular flexibility index (Phi) is 2.68. The molecule has 1 aromatic carbocycles. The second-order valence-electron chi connectivity index (χ2n) is 3.57. The lowest BCUT2D eigenvalue weighted by molar-refractivity contribution is 0.101. The lowest BCUT2D eigenvalue weighted by atomic mass is 10.0. The Morgan fingerprint density at radius 1 is 1.19 bits per heavy atom. The van der Waals surface area contributed by atoms with Crippen molar-refractivity contribution < 1.29 is 9.90 Å². The van der Waals surface area contributed by atoms with Crippen molar-refractivity contribution in [2.24, 2.45) is 0 Å². The highest BCUT2D eigenvalue weighted by Gasteiger charge is 2.03. The van der Waals surface area contributed by atoms with E-state index in [9.17, 15) is 9.90 Å². The summed E-state index contributed by atoms with van der Waals surface area (Å²) in [6.45, 7) is 1.53. The molecule has 1 heterocycles. The fourth-order valence-corrected chi connectivity index (χ4v) is 1.50. The first-order valence-electron chi connectivity index (χ1n) is 4.92. The van der Waals surface area contributed by atoms with Crippen molar-refractivity contribution in [3.8, 4) is 16.9 Å². The number of hydrogen-bond acceptors (Lipinski definition) is 3. The third kappa shape index (κ3) is 2.08. The molecule has 0 aliphatic rings. The van der Waals surface area contributed by atoms with Crippen molar-refractivity contribution in [2.75, 3.05) is 0 Å². The molecule has 0 saturated carbocycles. The van der Waals surface area contributed by atoms with Crippen LogP contribution in [0.1, 0.15) is 17.3 Å². The summed E-state index contributed by atoms with van der Waals surface area (Å²) in [5.74, 6) is 0.140. The van der Waals surface area contributed by atoms with Crippen LogP contribution in [-0.4, -0.2) is 15.9 Å². The van der Waals surface area contributed by atoms with Gasteiger partial charge in [0.2, 0.25) is 0 Å². The maximum atomic E-state index is 11.2. The predicted octanol–water partition coefficient (Wildman–Crippen LogP) is 2.66. The minimum absolute atomic E-state index is 0.0231. The van der Waals surface area contributed by atoms with E-state index in [0.29, 0.717) is 5.56 Å². The summed E-state index contributed by atoms with van der Waals surface area (Å²) in [6.07, 6.45) is 3.03. The Hall–Kier alpha value is -2.16. The molecule has 0 unspecified atom stereocenters. The number of Topliss-reactive ketones (excluding diaryl/α,β-unsaturated/α-hetero) is 1. The van der Waals surface area contributed by atoms with Gasteiger partial charge in [0, 0.05) is 17.3 Å². The summed E-state index contributed by atoms with van der Waals surface area (Å²) in [5.41, 5.74) is 2.32. The topological polar surface area (TPSA) is 50.2 Å². The van der Waals surface area contributed by atoms with Gasteiger partial charge in [0.1, 0.15) is 5.75 Å². The van der Waals surface area contributed by atoms with Gasteiger partial charge in [-0.1, -0.05) is 18.2 Å². The van der Waals surface area contributed by atoms with Gasteiger partial charge in [-0.25, -0.2) is 0 Å². The molecule has 0 aliphatic carbocycles. The summed E-state index contributed by atoms with van der Waals surface area (Å²) in [6, 6.07) is 8.87. The molecular weight excluding hydrogens is 202 g/mol. The number of pyridine rings is 1. The van der Waals surface area contributed by atoms with Gasteiger partial charge >= 0.3 is 0 Å². The average Bonchev–Trinajstić information content (AvgIpc) is 2.29. The molecule has 3 nitrogen and oxygen atoms in total. The van der Waals surface area contributed by atoms with Crippen LogP contribution < -0.4 is 0 Å². The van der Waals surface area contributed by atoms with E-state index in [-0.39, 0.29) is 11.5 Å². The molecule has 2 aromatic rings. The van der Waals surface area contributed by atoms with Gasteiger partial charge in [0.15, 0.2) is 5.78 Å². The molecule has 0 saturated heterocycles. The standard InChI is InChI=1S/C13H11NO2/c1-9(15)10-3-2-4-11(5-10)12-6-13(16)8-14-7-12/h2-8,16H,1H3. The van der Waals surface area contributed by atoms with E-state index in [1.165, 1.54) is 13.1 Å². The van der Waals surface area contributed by atoms with Crippen LogP contribution in [0.2, 0.25) is 0 Å². The summed E-state index contributed by atoms with van der Waals surface area (Å²) < 4.78 is 0. The fourth-order valence-electron chi connectivity index (χ4n) is 1.50. The first-order valence-corrected chi connectivity index (χ1v) is 4.92. The summed E-state index contributed by atoms with van der Waals surface area (Å²) in [7, 11) is 0. The Morgan fingerprint density at radius 2 is 2.00 bits per heavy atom. The molecule has 80 valence electrons. The van der Waals surface area contributed by atoms with Crippen LogP contribution in [0.4, 0.5) is 0 Å². The van der Waals surface area contributed by atoms with Crippen molar-refractivity contribution in [3.63, 3.8) is 0 Å². The third-order valence-corrected chi connectivity index (χ3v) is 2.33. The van der Waals surface area contributed by atoms with E-state index in [1.807, 2.05) is 12.1 Å². The number of nitrogens with zero attached hydrogens (tertiary/aromatic N) is 1. The highest BCUT2D eigenvalue weighted by Crippen LogP contribution is 2.22. The number of carbonyl (C=O) groups is 1. The van der Waals surface area contributed by atoms with Crippen molar-refractivity contribution in [2.45, 2.75) is 6.92 Å². The monoisotopic (exact) mass is 213 g/mol. The number of ketones is 1. The molecule has 0 radical (unpaired) electrons. The first kappa shape index (κ1) is 10.4. The Morgan fingerprint density at radius 3 is 2.69 bits per heavy atom. The Balaban J connectivity index is 2.48. The molecule has 0 aliphatic heterocycles. The molecule has 2 rings (SSSR count). The van der Waals surface area contributed by atoms with E-state index in [0.717, 1.165) is 11.1 Å². The molecule has 0 spiro atoms. The predicted molar refractivity (Wildman–Crippen MR) is 61.3 cm³/mol. The Labute approximate surface area is 93.4 Å². The molecule has 1 N–H and O–H groups in total. The number of aromatic hydroxyl groups is 1. The van der Waals surface area contributed by atoms with Crippen LogP contribution in [0.3, 0.4) is 0 Å². The highest BCUT2D eigenvalue weighted by atomic mass is 16.3. The second kappa shape index (κ2) is 4.14. The van der Waals surface area contributed by atoms with Gasteiger partial charge in [0.25, 0.3) is 0 Å². The molecule has 0 bridgehead atoms. The van der Waals surface area contributed by atoms with Crippen molar-refractivity contribution in [3.05, 3.63) is 48.3 Å². The SMILES string of the molecule is CC(=O)c1cccc(-c2cncc(O)c2)c1. The largest absolute Gasteiger partial charge is 0.506 e. The number of benzene rings is 1. The van der Waals surface area contributed by atoms with Crippen LogP contribution in [0.25, 0.3) is 11.1 Å². The summed E-state index contributed by atoms with van der Waals surface area (Å²) in [5, 5.41) is 9.32. The van der Waals surface area contributed by atoms with Crippen LogP contribution >= 0.6 is 0 Å². The molecule has 0 atom stereocenters. The zero-order valence-corrected chi connectivity index (χ0v) is 8.84. The maximum absolute atomic E-state index is 11.2. The molecule has 1 aromatic heterocycles. The maximum Gasteiger partial charge on any atom is 0.159 e. The van der Waals surface area contributed by atoms with Crippen molar-refractivity contribution in [1.82, 2.24) is 4.98 Å². The minimum atomic E-state index is 0.0231. The summed E-state index contributed by atoms with van der Waals surface area (Å²) in [4.78, 5) is 15.1. The third-order valence-electron chi connectivity index (χ3n) is 2.33. The van der Waals surface area contributed by atoms with Crippen molar-refractivity contribution in [1.29, 1.82) is 0 Å². The van der Waals surface area contributed by atoms with Gasteiger partial charge < -0.3 is 5.11 Å². The number of carbonyl (C=O) groups excluding carboxylic acids is 1. The zero-order valence-electron chi connectivity index (χ0n) is 8.84. The van der Waals surface area contributed by atoms with Crippen LogP contribution in [0.15, 0.2) is 42.7 Å². The molecule has 16 heavy (non-hydrogen) atoms. The van der Waals surface area contributed by atoms with Gasteiger partial charge in [-0.15, -0.1) is 0 Å². The van der Waals surface area contributed by atoms with Gasteiger partial charge in [-0.3, -0.25) is 9.78 Å². The lowest BCUT2D eigenvalue weighted by Crippen LogP contribution is -1.91. The molecular formula is C13H11NO2. The normalized spacial score (nSPS) is 10.1. The van der Waals surface area contributed by atoms with E-state index < -0.39 is 0 Å². The molecule has 0 fully saturated rings. The van der Waals surface area contributed by atoms with Gasteiger partial charge in [0.05, 0.1) is 6.20 Å². The van der Waals surface area contributed by atoms with E-state index >= 15 is 0 Å². The van der Waals surface area contributed by atoms with E-state index in [4.69, 9.17) is 0 Å². The van der Waals surface area contributed by atoms with Crippen molar-refractivity contribution >= 4 is 5.78 Å². The first-order chi connectivity index (χ1) is 7.66.